The lowest BCUT2D eigenvalue weighted by molar-refractivity contribution is 0.0699. The number of aromatic nitrogens is 1. The number of hydrogen-bond acceptors (Lipinski definition) is 2. The van der Waals surface area contributed by atoms with Crippen molar-refractivity contribution in [3.8, 4) is 11.3 Å². The maximum Gasteiger partial charge on any atom is 0.336 e. The second kappa shape index (κ2) is 6.44. The lowest BCUT2D eigenvalue weighted by Gasteiger charge is -2.12. The SMILES string of the molecule is CCC(C)c1ccc2nc(-c3cccc(C)c3)cc(C(=O)O)c2c1. The quantitative estimate of drug-likeness (QED) is 0.698. The minimum atomic E-state index is -0.919. The van der Waals surface area contributed by atoms with E-state index in [0.717, 1.165) is 28.6 Å². The number of carbonyl (C=O) groups is 1. The third-order valence-electron chi connectivity index (χ3n) is 4.56. The summed E-state index contributed by atoms with van der Waals surface area (Å²) in [5.41, 5.74) is 4.93. The van der Waals surface area contributed by atoms with Crippen molar-refractivity contribution in [2.24, 2.45) is 0 Å². The molecule has 0 saturated carbocycles. The Kier molecular flexibility index (Phi) is 4.34. The van der Waals surface area contributed by atoms with Crippen molar-refractivity contribution < 1.29 is 9.90 Å². The van der Waals surface area contributed by atoms with E-state index < -0.39 is 5.97 Å². The van der Waals surface area contributed by atoms with Gasteiger partial charge in [0.2, 0.25) is 0 Å². The predicted octanol–water partition coefficient (Wildman–Crippen LogP) is 5.42. The number of rotatable bonds is 4. The fourth-order valence-electron chi connectivity index (χ4n) is 2.91. The molecule has 2 aromatic carbocycles. The molecule has 1 heterocycles. The fraction of sp³-hybridized carbons (Fsp3) is 0.238. The molecule has 3 aromatic rings. The number of aromatic carboxylic acids is 1. The zero-order valence-electron chi connectivity index (χ0n) is 14.2. The molecule has 1 unspecified atom stereocenters. The lowest BCUT2D eigenvalue weighted by atomic mass is 9.95. The highest BCUT2D eigenvalue weighted by Crippen LogP contribution is 2.29. The summed E-state index contributed by atoms with van der Waals surface area (Å²) in [5.74, 6) is -0.523. The maximum atomic E-state index is 11.8. The van der Waals surface area contributed by atoms with E-state index in [1.807, 2.05) is 43.3 Å². The van der Waals surface area contributed by atoms with Gasteiger partial charge in [-0.3, -0.25) is 0 Å². The first kappa shape index (κ1) is 16.2. The van der Waals surface area contributed by atoms with Crippen LogP contribution in [0.3, 0.4) is 0 Å². The third-order valence-corrected chi connectivity index (χ3v) is 4.56. The molecular formula is C21H21NO2. The van der Waals surface area contributed by atoms with Crippen LogP contribution in [0.4, 0.5) is 0 Å². The molecule has 3 rings (SSSR count). The maximum absolute atomic E-state index is 11.8. The minimum Gasteiger partial charge on any atom is -0.478 e. The number of aryl methyl sites for hydroxylation is 1. The molecule has 0 aliphatic heterocycles. The van der Waals surface area contributed by atoms with Crippen molar-refractivity contribution in [3.05, 3.63) is 65.2 Å². The molecule has 3 nitrogen and oxygen atoms in total. The Balaban J connectivity index is 2.23. The van der Waals surface area contributed by atoms with Crippen molar-refractivity contribution in [2.45, 2.75) is 33.1 Å². The third kappa shape index (κ3) is 3.02. The molecule has 0 saturated heterocycles. The van der Waals surface area contributed by atoms with Crippen LogP contribution >= 0.6 is 0 Å². The number of nitrogens with zero attached hydrogens (tertiary/aromatic N) is 1. The fourth-order valence-corrected chi connectivity index (χ4v) is 2.91. The van der Waals surface area contributed by atoms with Crippen LogP contribution in [0, 0.1) is 6.92 Å². The van der Waals surface area contributed by atoms with E-state index in [1.165, 1.54) is 0 Å². The standard InChI is InChI=1S/C21H21NO2/c1-4-14(3)15-8-9-19-17(11-15)18(21(23)24)12-20(22-19)16-7-5-6-13(2)10-16/h5-12,14H,4H2,1-3H3,(H,23,24). The van der Waals surface area contributed by atoms with Gasteiger partial charge in [0.15, 0.2) is 0 Å². The van der Waals surface area contributed by atoms with Crippen LogP contribution in [0.1, 0.15) is 47.7 Å². The van der Waals surface area contributed by atoms with E-state index in [0.29, 0.717) is 22.6 Å². The van der Waals surface area contributed by atoms with Gasteiger partial charge in [-0.1, -0.05) is 43.7 Å². The molecule has 0 radical (unpaired) electrons. The molecule has 0 fully saturated rings. The highest BCUT2D eigenvalue weighted by molar-refractivity contribution is 6.04. The molecule has 1 atom stereocenters. The van der Waals surface area contributed by atoms with E-state index in [1.54, 1.807) is 6.07 Å². The summed E-state index contributed by atoms with van der Waals surface area (Å²) in [6.07, 6.45) is 1.02. The average molecular weight is 319 g/mol. The van der Waals surface area contributed by atoms with Crippen LogP contribution in [-0.2, 0) is 0 Å². The molecule has 24 heavy (non-hydrogen) atoms. The molecular weight excluding hydrogens is 298 g/mol. The first-order chi connectivity index (χ1) is 11.5. The Morgan fingerprint density at radius 2 is 1.96 bits per heavy atom. The van der Waals surface area contributed by atoms with Gasteiger partial charge >= 0.3 is 5.97 Å². The van der Waals surface area contributed by atoms with E-state index >= 15 is 0 Å². The number of pyridine rings is 1. The van der Waals surface area contributed by atoms with Crippen LogP contribution < -0.4 is 0 Å². The number of fused-ring (bicyclic) bond motifs is 1. The second-order valence-electron chi connectivity index (χ2n) is 6.32. The first-order valence-electron chi connectivity index (χ1n) is 8.24. The van der Waals surface area contributed by atoms with E-state index in [2.05, 4.69) is 19.9 Å². The molecule has 1 N–H and O–H groups in total. The molecule has 0 spiro atoms. The predicted molar refractivity (Wildman–Crippen MR) is 97.6 cm³/mol. The Hall–Kier alpha value is -2.68. The molecule has 0 amide bonds. The van der Waals surface area contributed by atoms with Gasteiger partial charge in [-0.25, -0.2) is 9.78 Å². The van der Waals surface area contributed by atoms with Crippen LogP contribution in [0.2, 0.25) is 0 Å². The highest BCUT2D eigenvalue weighted by atomic mass is 16.4. The molecule has 122 valence electrons. The topological polar surface area (TPSA) is 50.2 Å². The Morgan fingerprint density at radius 3 is 2.62 bits per heavy atom. The van der Waals surface area contributed by atoms with Gasteiger partial charge in [0.1, 0.15) is 0 Å². The normalized spacial score (nSPS) is 12.3. The summed E-state index contributed by atoms with van der Waals surface area (Å²) < 4.78 is 0. The van der Waals surface area contributed by atoms with Crippen molar-refractivity contribution in [1.82, 2.24) is 4.98 Å². The molecule has 3 heteroatoms. The van der Waals surface area contributed by atoms with E-state index in [9.17, 15) is 9.90 Å². The second-order valence-corrected chi connectivity index (χ2v) is 6.32. The molecule has 0 bridgehead atoms. The van der Waals surface area contributed by atoms with Crippen LogP contribution in [-0.4, -0.2) is 16.1 Å². The minimum absolute atomic E-state index is 0.307. The largest absolute Gasteiger partial charge is 0.478 e. The smallest absolute Gasteiger partial charge is 0.336 e. The van der Waals surface area contributed by atoms with E-state index in [-0.39, 0.29) is 0 Å². The highest BCUT2D eigenvalue weighted by Gasteiger charge is 2.15. The Bertz CT molecular complexity index is 915. The summed E-state index contributed by atoms with van der Waals surface area (Å²) >= 11 is 0. The molecule has 0 aliphatic rings. The zero-order chi connectivity index (χ0) is 17.3. The van der Waals surface area contributed by atoms with Crippen LogP contribution in [0.5, 0.6) is 0 Å². The molecule has 0 aliphatic carbocycles. The summed E-state index contributed by atoms with van der Waals surface area (Å²) in [7, 11) is 0. The first-order valence-corrected chi connectivity index (χ1v) is 8.24. The zero-order valence-corrected chi connectivity index (χ0v) is 14.2. The van der Waals surface area contributed by atoms with Crippen molar-refractivity contribution >= 4 is 16.9 Å². The molecule has 1 aromatic heterocycles. The van der Waals surface area contributed by atoms with Crippen molar-refractivity contribution in [3.63, 3.8) is 0 Å². The monoisotopic (exact) mass is 319 g/mol. The van der Waals surface area contributed by atoms with E-state index in [4.69, 9.17) is 4.98 Å². The van der Waals surface area contributed by atoms with Gasteiger partial charge in [0.25, 0.3) is 0 Å². The van der Waals surface area contributed by atoms with Crippen LogP contribution in [0.25, 0.3) is 22.2 Å². The Morgan fingerprint density at radius 1 is 1.17 bits per heavy atom. The summed E-state index contributed by atoms with van der Waals surface area (Å²) in [4.78, 5) is 16.5. The number of hydrogen-bond donors (Lipinski definition) is 1. The van der Waals surface area contributed by atoms with Gasteiger partial charge in [0.05, 0.1) is 16.8 Å². The number of carboxylic acid groups (broad SMARTS) is 1. The Labute approximate surface area is 142 Å². The van der Waals surface area contributed by atoms with Crippen molar-refractivity contribution in [2.75, 3.05) is 0 Å². The van der Waals surface area contributed by atoms with Gasteiger partial charge in [0, 0.05) is 10.9 Å². The van der Waals surface area contributed by atoms with Gasteiger partial charge < -0.3 is 5.11 Å². The van der Waals surface area contributed by atoms with Gasteiger partial charge in [-0.05, 0) is 49.1 Å². The van der Waals surface area contributed by atoms with Crippen LogP contribution in [0.15, 0.2) is 48.5 Å². The summed E-state index contributed by atoms with van der Waals surface area (Å²) in [5, 5.41) is 10.4. The van der Waals surface area contributed by atoms with Gasteiger partial charge in [-0.2, -0.15) is 0 Å². The summed E-state index contributed by atoms with van der Waals surface area (Å²) in [6.45, 7) is 6.29. The van der Waals surface area contributed by atoms with Crippen molar-refractivity contribution in [1.29, 1.82) is 0 Å². The lowest BCUT2D eigenvalue weighted by Crippen LogP contribution is -2.02. The number of carboxylic acids is 1. The summed E-state index contributed by atoms with van der Waals surface area (Å²) in [6, 6.07) is 15.6. The average Bonchev–Trinajstić information content (AvgIpc) is 2.59. The van der Waals surface area contributed by atoms with Gasteiger partial charge in [-0.15, -0.1) is 0 Å². The number of benzene rings is 2.